The first-order valence-corrected chi connectivity index (χ1v) is 7.84. The molecule has 0 unspecified atom stereocenters. The van der Waals surface area contributed by atoms with E-state index < -0.39 is 17.6 Å². The van der Waals surface area contributed by atoms with E-state index in [0.717, 1.165) is 6.07 Å². The van der Waals surface area contributed by atoms with Gasteiger partial charge in [-0.25, -0.2) is 14.4 Å². The normalized spacial score (nSPS) is 11.6. The molecule has 0 aliphatic carbocycles. The van der Waals surface area contributed by atoms with E-state index in [0.29, 0.717) is 21.5 Å². The van der Waals surface area contributed by atoms with Gasteiger partial charge in [0, 0.05) is 23.6 Å². The fourth-order valence-corrected chi connectivity index (χ4v) is 2.88. The molecule has 0 saturated carbocycles. The van der Waals surface area contributed by atoms with Gasteiger partial charge in [0.05, 0.1) is 17.0 Å². The lowest BCUT2D eigenvalue weighted by atomic mass is 10.1. The molecule has 1 aromatic carbocycles. The molecule has 0 spiro atoms. The number of aliphatic hydroxyl groups is 1. The zero-order valence-corrected chi connectivity index (χ0v) is 13.3. The molecule has 25 heavy (non-hydrogen) atoms. The van der Waals surface area contributed by atoms with Crippen molar-refractivity contribution in [2.45, 2.75) is 12.8 Å². The quantitative estimate of drug-likeness (QED) is 0.660. The molecule has 2 aromatic heterocycles. The lowest BCUT2D eigenvalue weighted by Gasteiger charge is -2.11. The van der Waals surface area contributed by atoms with Crippen LogP contribution in [0.15, 0.2) is 42.7 Å². The summed E-state index contributed by atoms with van der Waals surface area (Å²) in [5, 5.41) is 12.5. The monoisotopic (exact) mass is 369 g/mol. The Morgan fingerprint density at radius 2 is 1.92 bits per heavy atom. The Bertz CT molecular complexity index is 895. The van der Waals surface area contributed by atoms with Crippen molar-refractivity contribution in [1.29, 1.82) is 0 Å². The number of nitrogens with zero attached hydrogens (tertiary/aromatic N) is 2. The Morgan fingerprint density at radius 3 is 2.60 bits per heavy atom. The summed E-state index contributed by atoms with van der Waals surface area (Å²) >= 11 is 1.29. The summed E-state index contributed by atoms with van der Waals surface area (Å²) in [4.78, 5) is 8.90. The second-order valence-electron chi connectivity index (χ2n) is 5.04. The maximum atomic E-state index is 13.3. The van der Waals surface area contributed by atoms with Crippen molar-refractivity contribution < 1.29 is 22.7 Å². The Hall–Kier alpha value is -2.52. The highest BCUT2D eigenvalue weighted by Gasteiger charge is 2.34. The van der Waals surface area contributed by atoms with E-state index in [1.807, 2.05) is 0 Å². The summed E-state index contributed by atoms with van der Waals surface area (Å²) in [5.41, 5.74) is -0.588. The molecule has 3 aromatic rings. The lowest BCUT2D eigenvalue weighted by Crippen LogP contribution is -2.08. The van der Waals surface area contributed by atoms with Crippen LogP contribution in [0.25, 0.3) is 10.6 Å². The van der Waals surface area contributed by atoms with E-state index in [9.17, 15) is 17.6 Å². The van der Waals surface area contributed by atoms with Gasteiger partial charge in [-0.15, -0.1) is 11.3 Å². The van der Waals surface area contributed by atoms with Crippen LogP contribution in [0.4, 0.5) is 29.1 Å². The number of rotatable bonds is 4. The van der Waals surface area contributed by atoms with Crippen LogP contribution in [0.3, 0.4) is 0 Å². The number of nitrogens with one attached hydrogen (secondary N) is 1. The van der Waals surface area contributed by atoms with Gasteiger partial charge in [0.2, 0.25) is 0 Å². The SMILES string of the molecule is OCc1cnc(-c2ccnc(Nc3ccc(F)c(C(F)(F)F)c3)c2)s1. The molecule has 3 rings (SSSR count). The third kappa shape index (κ3) is 3.94. The Labute approximate surface area is 143 Å². The molecule has 0 bridgehead atoms. The van der Waals surface area contributed by atoms with Crippen molar-refractivity contribution in [3.05, 3.63) is 59.0 Å². The Morgan fingerprint density at radius 1 is 1.12 bits per heavy atom. The molecule has 4 nitrogen and oxygen atoms in total. The third-order valence-electron chi connectivity index (χ3n) is 3.26. The summed E-state index contributed by atoms with van der Waals surface area (Å²) in [5.74, 6) is -1.04. The number of thiazole rings is 1. The zero-order valence-electron chi connectivity index (χ0n) is 12.5. The lowest BCUT2D eigenvalue weighted by molar-refractivity contribution is -0.139. The van der Waals surface area contributed by atoms with Gasteiger partial charge in [0.25, 0.3) is 0 Å². The third-order valence-corrected chi connectivity index (χ3v) is 4.29. The van der Waals surface area contributed by atoms with Crippen molar-refractivity contribution in [3.63, 3.8) is 0 Å². The number of aromatic nitrogens is 2. The number of alkyl halides is 3. The van der Waals surface area contributed by atoms with E-state index in [4.69, 9.17) is 5.11 Å². The molecule has 0 aliphatic heterocycles. The predicted molar refractivity (Wildman–Crippen MR) is 86.0 cm³/mol. The number of halogens is 4. The maximum Gasteiger partial charge on any atom is 0.419 e. The molecule has 0 fully saturated rings. The van der Waals surface area contributed by atoms with Crippen LogP contribution in [0.2, 0.25) is 0 Å². The van der Waals surface area contributed by atoms with E-state index in [-0.39, 0.29) is 18.1 Å². The highest BCUT2D eigenvalue weighted by Crippen LogP contribution is 2.34. The molecule has 0 radical (unpaired) electrons. The van der Waals surface area contributed by atoms with Gasteiger partial charge in [0.15, 0.2) is 0 Å². The van der Waals surface area contributed by atoms with Crippen LogP contribution >= 0.6 is 11.3 Å². The molecule has 130 valence electrons. The van der Waals surface area contributed by atoms with Gasteiger partial charge in [-0.2, -0.15) is 13.2 Å². The number of pyridine rings is 1. The fourth-order valence-electron chi connectivity index (χ4n) is 2.11. The van der Waals surface area contributed by atoms with Crippen LogP contribution in [0.1, 0.15) is 10.4 Å². The first-order valence-electron chi connectivity index (χ1n) is 7.02. The van der Waals surface area contributed by atoms with Crippen LogP contribution in [-0.4, -0.2) is 15.1 Å². The van der Waals surface area contributed by atoms with Crippen LogP contribution in [0, 0.1) is 5.82 Å². The minimum absolute atomic E-state index is 0.0635. The van der Waals surface area contributed by atoms with Gasteiger partial charge >= 0.3 is 6.18 Å². The van der Waals surface area contributed by atoms with Crippen molar-refractivity contribution >= 4 is 22.8 Å². The van der Waals surface area contributed by atoms with Gasteiger partial charge in [-0.05, 0) is 30.3 Å². The molecule has 2 N–H and O–H groups in total. The number of benzene rings is 1. The second kappa shape index (κ2) is 6.77. The largest absolute Gasteiger partial charge is 0.419 e. The molecule has 2 heterocycles. The van der Waals surface area contributed by atoms with E-state index in [2.05, 4.69) is 15.3 Å². The smallest absolute Gasteiger partial charge is 0.391 e. The highest BCUT2D eigenvalue weighted by atomic mass is 32.1. The van der Waals surface area contributed by atoms with Crippen molar-refractivity contribution in [3.8, 4) is 10.6 Å². The van der Waals surface area contributed by atoms with Crippen molar-refractivity contribution in [2.75, 3.05) is 5.32 Å². The topological polar surface area (TPSA) is 58.0 Å². The number of anilines is 2. The predicted octanol–water partition coefficient (Wildman–Crippen LogP) is 4.60. The average molecular weight is 369 g/mol. The average Bonchev–Trinajstić information content (AvgIpc) is 3.05. The standard InChI is InChI=1S/C16H11F4N3OS/c17-13-2-1-10(6-12(13)16(18,19)20)23-14-5-9(3-4-21-14)15-22-7-11(8-24)25-15/h1-7,24H,8H2,(H,21,23). The first kappa shape index (κ1) is 17.3. The number of hydrogen-bond donors (Lipinski definition) is 2. The molecule has 0 aliphatic rings. The Balaban J connectivity index is 1.88. The van der Waals surface area contributed by atoms with Crippen molar-refractivity contribution in [1.82, 2.24) is 9.97 Å². The minimum Gasteiger partial charge on any atom is -0.391 e. The first-order chi connectivity index (χ1) is 11.9. The van der Waals surface area contributed by atoms with E-state index in [1.54, 1.807) is 18.3 Å². The van der Waals surface area contributed by atoms with Crippen molar-refractivity contribution in [2.24, 2.45) is 0 Å². The number of hydrogen-bond acceptors (Lipinski definition) is 5. The molecule has 0 saturated heterocycles. The van der Waals surface area contributed by atoms with Gasteiger partial charge in [0.1, 0.15) is 16.6 Å². The molecule has 9 heteroatoms. The highest BCUT2D eigenvalue weighted by molar-refractivity contribution is 7.15. The zero-order chi connectivity index (χ0) is 18.0. The Kier molecular flexibility index (Phi) is 4.69. The van der Waals surface area contributed by atoms with Gasteiger partial charge in [-0.3, -0.25) is 0 Å². The minimum atomic E-state index is -4.78. The molecule has 0 atom stereocenters. The summed E-state index contributed by atoms with van der Waals surface area (Å²) in [6.45, 7) is -0.121. The number of aliphatic hydroxyl groups excluding tert-OH is 1. The van der Waals surface area contributed by atoms with Gasteiger partial charge in [-0.1, -0.05) is 0 Å². The molecular formula is C16H11F4N3OS. The summed E-state index contributed by atoms with van der Waals surface area (Å²) in [7, 11) is 0. The van der Waals surface area contributed by atoms with Crippen LogP contribution < -0.4 is 5.32 Å². The summed E-state index contributed by atoms with van der Waals surface area (Å²) in [6.07, 6.45) is -1.76. The molecular weight excluding hydrogens is 358 g/mol. The molecule has 0 amide bonds. The second-order valence-corrected chi connectivity index (χ2v) is 6.15. The summed E-state index contributed by atoms with van der Waals surface area (Å²) in [6, 6.07) is 5.94. The van der Waals surface area contributed by atoms with Crippen LogP contribution in [-0.2, 0) is 12.8 Å². The van der Waals surface area contributed by atoms with E-state index >= 15 is 0 Å². The van der Waals surface area contributed by atoms with E-state index in [1.165, 1.54) is 23.6 Å². The maximum absolute atomic E-state index is 13.3. The summed E-state index contributed by atoms with van der Waals surface area (Å²) < 4.78 is 51.7. The fraction of sp³-hybridized carbons (Fsp3) is 0.125. The van der Waals surface area contributed by atoms with Crippen LogP contribution in [0.5, 0.6) is 0 Å². The van der Waals surface area contributed by atoms with Gasteiger partial charge < -0.3 is 10.4 Å².